The highest BCUT2D eigenvalue weighted by atomic mass is 32.1. The molecule has 0 unspecified atom stereocenters. The average molecular weight is 303 g/mol. The second kappa shape index (κ2) is 5.60. The highest BCUT2D eigenvalue weighted by Crippen LogP contribution is 2.31. The van der Waals surface area contributed by atoms with Gasteiger partial charge in [0.25, 0.3) is 0 Å². The first-order chi connectivity index (χ1) is 9.76. The minimum Gasteiger partial charge on any atom is -0.494 e. The Hall–Kier alpha value is -1.92. The van der Waals surface area contributed by atoms with E-state index >= 15 is 0 Å². The van der Waals surface area contributed by atoms with Crippen molar-refractivity contribution in [1.29, 1.82) is 0 Å². The molecular weight excluding hydrogens is 290 g/mol. The molecule has 0 saturated heterocycles. The second-order valence-corrected chi connectivity index (χ2v) is 5.82. The van der Waals surface area contributed by atoms with E-state index in [1.165, 1.54) is 11.3 Å². The number of thiazole rings is 2. The van der Waals surface area contributed by atoms with Crippen molar-refractivity contribution in [3.63, 3.8) is 0 Å². The van der Waals surface area contributed by atoms with Crippen molar-refractivity contribution in [2.45, 2.75) is 6.92 Å². The van der Waals surface area contributed by atoms with Crippen LogP contribution in [0.4, 0.5) is 5.13 Å². The predicted molar refractivity (Wildman–Crippen MR) is 84.2 cm³/mol. The van der Waals surface area contributed by atoms with Crippen LogP contribution >= 0.6 is 22.7 Å². The lowest BCUT2D eigenvalue weighted by Gasteiger charge is -2.03. The number of ether oxygens (including phenoxy) is 1. The highest BCUT2D eigenvalue weighted by Gasteiger charge is 2.09. The molecule has 0 aliphatic carbocycles. The quantitative estimate of drug-likeness (QED) is 0.793. The summed E-state index contributed by atoms with van der Waals surface area (Å²) in [5.74, 6) is 0.861. The van der Waals surface area contributed by atoms with Gasteiger partial charge in [-0.15, -0.1) is 22.7 Å². The van der Waals surface area contributed by atoms with Crippen molar-refractivity contribution in [3.8, 4) is 27.7 Å². The van der Waals surface area contributed by atoms with Crippen molar-refractivity contribution in [2.75, 3.05) is 12.3 Å². The number of benzene rings is 1. The number of nitrogen functional groups attached to an aromatic ring is 1. The van der Waals surface area contributed by atoms with E-state index in [4.69, 9.17) is 10.5 Å². The maximum Gasteiger partial charge on any atom is 0.180 e. The summed E-state index contributed by atoms with van der Waals surface area (Å²) in [6, 6.07) is 7.95. The standard InChI is InChI=1S/C14H13N3OS2/c1-2-18-10-5-3-4-9(6-10)13-16-11(7-19-13)12-8-20-14(15)17-12/h3-8H,2H2,1H3,(H2,15,17). The molecule has 3 rings (SSSR count). The molecule has 3 aromatic rings. The predicted octanol–water partition coefficient (Wildman–Crippen LogP) is 3.91. The van der Waals surface area contributed by atoms with Gasteiger partial charge in [-0.3, -0.25) is 0 Å². The SMILES string of the molecule is CCOc1cccc(-c2nc(-c3csc(N)n3)cs2)c1. The highest BCUT2D eigenvalue weighted by molar-refractivity contribution is 7.14. The summed E-state index contributed by atoms with van der Waals surface area (Å²) < 4.78 is 5.51. The summed E-state index contributed by atoms with van der Waals surface area (Å²) in [5, 5.41) is 5.43. The van der Waals surface area contributed by atoms with Gasteiger partial charge in [0.15, 0.2) is 5.13 Å². The van der Waals surface area contributed by atoms with Gasteiger partial charge in [-0.2, -0.15) is 0 Å². The van der Waals surface area contributed by atoms with E-state index in [0.717, 1.165) is 27.7 Å². The fourth-order valence-electron chi connectivity index (χ4n) is 1.81. The Morgan fingerprint density at radius 2 is 1.95 bits per heavy atom. The van der Waals surface area contributed by atoms with Crippen LogP contribution in [0.1, 0.15) is 6.92 Å². The van der Waals surface area contributed by atoms with Crippen LogP contribution in [0.25, 0.3) is 22.0 Å². The maximum absolute atomic E-state index is 5.65. The molecule has 2 N–H and O–H groups in total. The number of hydrogen-bond donors (Lipinski definition) is 1. The van der Waals surface area contributed by atoms with E-state index in [9.17, 15) is 0 Å². The van der Waals surface area contributed by atoms with Gasteiger partial charge >= 0.3 is 0 Å². The Labute approximate surface area is 124 Å². The third-order valence-electron chi connectivity index (χ3n) is 2.68. The molecule has 1 aromatic carbocycles. The van der Waals surface area contributed by atoms with Crippen LogP contribution in [-0.2, 0) is 0 Å². The van der Waals surface area contributed by atoms with Crippen molar-refractivity contribution < 1.29 is 4.74 Å². The van der Waals surface area contributed by atoms with Gasteiger partial charge in [0, 0.05) is 16.3 Å². The van der Waals surface area contributed by atoms with Crippen LogP contribution in [0.2, 0.25) is 0 Å². The lowest BCUT2D eigenvalue weighted by Crippen LogP contribution is -1.91. The van der Waals surface area contributed by atoms with Crippen LogP contribution in [0.15, 0.2) is 35.0 Å². The van der Waals surface area contributed by atoms with Crippen LogP contribution in [-0.4, -0.2) is 16.6 Å². The zero-order valence-corrected chi connectivity index (χ0v) is 12.5. The van der Waals surface area contributed by atoms with Crippen molar-refractivity contribution in [3.05, 3.63) is 35.0 Å². The van der Waals surface area contributed by atoms with E-state index in [1.807, 2.05) is 41.9 Å². The number of nitrogens with two attached hydrogens (primary N) is 1. The summed E-state index contributed by atoms with van der Waals surface area (Å²) >= 11 is 3.02. The van der Waals surface area contributed by atoms with Crippen LogP contribution in [0.3, 0.4) is 0 Å². The van der Waals surface area contributed by atoms with Crippen molar-refractivity contribution >= 4 is 27.8 Å². The van der Waals surface area contributed by atoms with Crippen LogP contribution in [0.5, 0.6) is 5.75 Å². The van der Waals surface area contributed by atoms with Gasteiger partial charge in [-0.05, 0) is 19.1 Å². The molecular formula is C14H13N3OS2. The monoisotopic (exact) mass is 303 g/mol. The summed E-state index contributed by atoms with van der Waals surface area (Å²) in [7, 11) is 0. The normalized spacial score (nSPS) is 10.7. The number of nitrogens with zero attached hydrogens (tertiary/aromatic N) is 2. The van der Waals surface area contributed by atoms with Gasteiger partial charge in [-0.25, -0.2) is 9.97 Å². The fraction of sp³-hybridized carbons (Fsp3) is 0.143. The molecule has 0 atom stereocenters. The largest absolute Gasteiger partial charge is 0.494 e. The van der Waals surface area contributed by atoms with Crippen LogP contribution < -0.4 is 10.5 Å². The molecule has 0 aliphatic heterocycles. The molecule has 0 aliphatic rings. The number of aromatic nitrogens is 2. The molecule has 0 spiro atoms. The zero-order chi connectivity index (χ0) is 13.9. The van der Waals surface area contributed by atoms with E-state index < -0.39 is 0 Å². The summed E-state index contributed by atoms with van der Waals surface area (Å²) in [6.07, 6.45) is 0. The molecule has 102 valence electrons. The number of hydrogen-bond acceptors (Lipinski definition) is 6. The molecule has 4 nitrogen and oxygen atoms in total. The summed E-state index contributed by atoms with van der Waals surface area (Å²) in [5.41, 5.74) is 8.40. The van der Waals surface area contributed by atoms with E-state index in [2.05, 4.69) is 9.97 Å². The van der Waals surface area contributed by atoms with E-state index in [1.54, 1.807) is 11.3 Å². The molecule has 0 amide bonds. The first kappa shape index (κ1) is 13.1. The molecule has 0 bridgehead atoms. The summed E-state index contributed by atoms with van der Waals surface area (Å²) in [4.78, 5) is 8.87. The van der Waals surface area contributed by atoms with E-state index in [-0.39, 0.29) is 0 Å². The molecule has 2 heterocycles. The van der Waals surface area contributed by atoms with Gasteiger partial charge in [-0.1, -0.05) is 12.1 Å². The second-order valence-electron chi connectivity index (χ2n) is 4.07. The van der Waals surface area contributed by atoms with Crippen molar-refractivity contribution in [1.82, 2.24) is 9.97 Å². The Bertz CT molecular complexity index is 721. The van der Waals surface area contributed by atoms with Gasteiger partial charge in [0.05, 0.1) is 6.61 Å². The van der Waals surface area contributed by atoms with E-state index in [0.29, 0.717) is 11.7 Å². The van der Waals surface area contributed by atoms with Gasteiger partial charge in [0.1, 0.15) is 22.1 Å². The minimum absolute atomic E-state index is 0.563. The lowest BCUT2D eigenvalue weighted by molar-refractivity contribution is 0.340. The Morgan fingerprint density at radius 1 is 1.15 bits per heavy atom. The average Bonchev–Trinajstić information content (AvgIpc) is 3.08. The Balaban J connectivity index is 1.91. The third-order valence-corrected chi connectivity index (χ3v) is 4.25. The molecule has 6 heteroatoms. The number of rotatable bonds is 4. The summed E-state index contributed by atoms with van der Waals surface area (Å²) in [6.45, 7) is 2.63. The topological polar surface area (TPSA) is 61.0 Å². The Kier molecular flexibility index (Phi) is 3.66. The Morgan fingerprint density at radius 3 is 2.70 bits per heavy atom. The van der Waals surface area contributed by atoms with Crippen LogP contribution in [0, 0.1) is 0 Å². The smallest absolute Gasteiger partial charge is 0.180 e. The first-order valence-electron chi connectivity index (χ1n) is 6.16. The first-order valence-corrected chi connectivity index (χ1v) is 7.92. The molecule has 20 heavy (non-hydrogen) atoms. The molecule has 2 aromatic heterocycles. The molecule has 0 radical (unpaired) electrons. The fourth-order valence-corrected chi connectivity index (χ4v) is 3.18. The van der Waals surface area contributed by atoms with Crippen molar-refractivity contribution in [2.24, 2.45) is 0 Å². The lowest BCUT2D eigenvalue weighted by atomic mass is 10.2. The number of anilines is 1. The van der Waals surface area contributed by atoms with Gasteiger partial charge in [0.2, 0.25) is 0 Å². The minimum atomic E-state index is 0.563. The third kappa shape index (κ3) is 2.66. The maximum atomic E-state index is 5.65. The molecule has 0 fully saturated rings. The molecule has 0 saturated carbocycles. The zero-order valence-electron chi connectivity index (χ0n) is 10.9. The van der Waals surface area contributed by atoms with Gasteiger partial charge < -0.3 is 10.5 Å².